The first-order chi connectivity index (χ1) is 12.7. The molecule has 1 aliphatic rings. The molecule has 1 amide bonds. The standard InChI is InChI=1S/C17H18N6O3/c1-26-13-5-3-2-4-12(13)16(24)19-11-6-8-22(10-11)14-15-20-21-17(25)23(15)9-7-18-14/h2-5,7,9,11H,6,8,10H2,1H3,(H,19,24)(H,21,25). The molecule has 1 aromatic carbocycles. The highest BCUT2D eigenvalue weighted by Gasteiger charge is 2.27. The van der Waals surface area contributed by atoms with Crippen molar-refractivity contribution >= 4 is 17.4 Å². The minimum atomic E-state index is -0.302. The summed E-state index contributed by atoms with van der Waals surface area (Å²) in [4.78, 5) is 30.6. The number of hydrogen-bond donors (Lipinski definition) is 2. The quantitative estimate of drug-likeness (QED) is 0.704. The zero-order chi connectivity index (χ0) is 18.1. The van der Waals surface area contributed by atoms with Crippen LogP contribution in [0.4, 0.5) is 5.82 Å². The van der Waals surface area contributed by atoms with Crippen molar-refractivity contribution in [2.75, 3.05) is 25.1 Å². The molecule has 2 aromatic heterocycles. The van der Waals surface area contributed by atoms with E-state index in [4.69, 9.17) is 4.74 Å². The molecule has 0 aliphatic carbocycles. The minimum absolute atomic E-state index is 0.0277. The topological polar surface area (TPSA) is 105 Å². The third kappa shape index (κ3) is 2.77. The number of rotatable bonds is 4. The highest BCUT2D eigenvalue weighted by molar-refractivity contribution is 5.97. The van der Waals surface area contributed by atoms with E-state index in [1.807, 2.05) is 11.0 Å². The maximum Gasteiger partial charge on any atom is 0.347 e. The highest BCUT2D eigenvalue weighted by atomic mass is 16.5. The Kier molecular flexibility index (Phi) is 4.04. The number of fused-ring (bicyclic) bond motifs is 1. The lowest BCUT2D eigenvalue weighted by molar-refractivity contribution is 0.0937. The van der Waals surface area contributed by atoms with Gasteiger partial charge in [-0.2, -0.15) is 0 Å². The van der Waals surface area contributed by atoms with Crippen molar-refractivity contribution in [1.29, 1.82) is 0 Å². The first-order valence-electron chi connectivity index (χ1n) is 8.28. The second-order valence-electron chi connectivity index (χ2n) is 6.08. The maximum absolute atomic E-state index is 12.6. The number of ether oxygens (including phenoxy) is 1. The summed E-state index contributed by atoms with van der Waals surface area (Å²) in [5.41, 5.74) is 0.686. The molecule has 9 nitrogen and oxygen atoms in total. The molecule has 3 heterocycles. The number of aromatic amines is 1. The Morgan fingerprint density at radius 1 is 1.38 bits per heavy atom. The molecule has 9 heteroatoms. The first kappa shape index (κ1) is 16.1. The van der Waals surface area contributed by atoms with Gasteiger partial charge in [0.2, 0.25) is 5.65 Å². The Labute approximate surface area is 148 Å². The number of hydrogen-bond acceptors (Lipinski definition) is 6. The Morgan fingerprint density at radius 3 is 3.08 bits per heavy atom. The van der Waals surface area contributed by atoms with E-state index >= 15 is 0 Å². The fourth-order valence-electron chi connectivity index (χ4n) is 3.22. The lowest BCUT2D eigenvalue weighted by atomic mass is 10.1. The molecule has 26 heavy (non-hydrogen) atoms. The molecule has 1 unspecified atom stereocenters. The number of nitrogens with zero attached hydrogens (tertiary/aromatic N) is 4. The molecular weight excluding hydrogens is 336 g/mol. The van der Waals surface area contributed by atoms with Crippen LogP contribution in [0, 0.1) is 0 Å². The summed E-state index contributed by atoms with van der Waals surface area (Å²) < 4.78 is 6.67. The molecule has 4 rings (SSSR count). The Bertz CT molecular complexity index is 1010. The fraction of sp³-hybridized carbons (Fsp3) is 0.294. The number of amides is 1. The van der Waals surface area contributed by atoms with Gasteiger partial charge in [0.05, 0.1) is 12.7 Å². The summed E-state index contributed by atoms with van der Waals surface area (Å²) in [6.45, 7) is 1.30. The summed E-state index contributed by atoms with van der Waals surface area (Å²) >= 11 is 0. The van der Waals surface area contributed by atoms with Crippen molar-refractivity contribution in [2.24, 2.45) is 0 Å². The monoisotopic (exact) mass is 354 g/mol. The number of methoxy groups -OCH3 is 1. The molecule has 134 valence electrons. The van der Waals surface area contributed by atoms with E-state index in [9.17, 15) is 9.59 Å². The molecule has 0 saturated carbocycles. The fourth-order valence-corrected chi connectivity index (χ4v) is 3.22. The Balaban J connectivity index is 1.50. The third-order valence-electron chi connectivity index (χ3n) is 4.49. The van der Waals surface area contributed by atoms with Gasteiger partial charge in [0.25, 0.3) is 5.91 Å². The average Bonchev–Trinajstić information content (AvgIpc) is 3.28. The molecule has 0 spiro atoms. The van der Waals surface area contributed by atoms with Crippen molar-refractivity contribution in [3.63, 3.8) is 0 Å². The molecular formula is C17H18N6O3. The van der Waals surface area contributed by atoms with Crippen LogP contribution in [0.5, 0.6) is 5.75 Å². The molecule has 3 aromatic rings. The molecule has 1 fully saturated rings. The van der Waals surface area contributed by atoms with Gasteiger partial charge in [-0.15, -0.1) is 5.10 Å². The molecule has 1 aliphatic heterocycles. The highest BCUT2D eigenvalue weighted by Crippen LogP contribution is 2.22. The van der Waals surface area contributed by atoms with Gasteiger partial charge < -0.3 is 15.0 Å². The van der Waals surface area contributed by atoms with Crippen LogP contribution < -0.4 is 20.6 Å². The zero-order valence-corrected chi connectivity index (χ0v) is 14.2. The van der Waals surface area contributed by atoms with Crippen molar-refractivity contribution < 1.29 is 9.53 Å². The number of anilines is 1. The van der Waals surface area contributed by atoms with Crippen LogP contribution >= 0.6 is 0 Å². The van der Waals surface area contributed by atoms with Crippen LogP contribution in [0.2, 0.25) is 0 Å². The summed E-state index contributed by atoms with van der Waals surface area (Å²) in [5, 5.41) is 9.50. The van der Waals surface area contributed by atoms with Gasteiger partial charge in [-0.25, -0.2) is 19.3 Å². The number of nitrogens with one attached hydrogen (secondary N) is 2. The summed E-state index contributed by atoms with van der Waals surface area (Å²) in [6, 6.07) is 7.10. The van der Waals surface area contributed by atoms with E-state index in [2.05, 4.69) is 20.5 Å². The number of para-hydroxylation sites is 1. The Hall–Kier alpha value is -3.36. The van der Waals surface area contributed by atoms with Crippen LogP contribution in [0.1, 0.15) is 16.8 Å². The predicted octanol–water partition coefficient (Wildman–Crippen LogP) is 0.435. The van der Waals surface area contributed by atoms with Crippen LogP contribution in [-0.2, 0) is 0 Å². The van der Waals surface area contributed by atoms with Gasteiger partial charge in [-0.05, 0) is 18.6 Å². The molecule has 2 N–H and O–H groups in total. The van der Waals surface area contributed by atoms with Gasteiger partial charge in [0, 0.05) is 31.5 Å². The van der Waals surface area contributed by atoms with Crippen molar-refractivity contribution in [2.45, 2.75) is 12.5 Å². The van der Waals surface area contributed by atoms with Crippen molar-refractivity contribution in [3.05, 3.63) is 52.7 Å². The number of benzene rings is 1. The van der Waals surface area contributed by atoms with E-state index < -0.39 is 0 Å². The van der Waals surface area contributed by atoms with Crippen LogP contribution in [0.3, 0.4) is 0 Å². The van der Waals surface area contributed by atoms with Crippen molar-refractivity contribution in [3.8, 4) is 5.75 Å². The number of H-pyrrole nitrogens is 1. The lowest BCUT2D eigenvalue weighted by Crippen LogP contribution is -2.37. The van der Waals surface area contributed by atoms with Crippen LogP contribution in [0.15, 0.2) is 41.5 Å². The second-order valence-corrected chi connectivity index (χ2v) is 6.08. The molecule has 1 saturated heterocycles. The molecule has 0 bridgehead atoms. The van der Waals surface area contributed by atoms with E-state index in [0.717, 1.165) is 6.42 Å². The second kappa shape index (κ2) is 6.51. The van der Waals surface area contributed by atoms with E-state index in [1.165, 1.54) is 4.40 Å². The SMILES string of the molecule is COc1ccccc1C(=O)NC1CCN(c2nccn3c(=O)[nH]nc23)C1. The van der Waals surface area contributed by atoms with E-state index in [-0.39, 0.29) is 17.6 Å². The molecule has 1 atom stereocenters. The van der Waals surface area contributed by atoms with Gasteiger partial charge >= 0.3 is 5.69 Å². The first-order valence-corrected chi connectivity index (χ1v) is 8.28. The average molecular weight is 354 g/mol. The van der Waals surface area contributed by atoms with Gasteiger partial charge in [0.15, 0.2) is 5.82 Å². The number of aromatic nitrogens is 4. The van der Waals surface area contributed by atoms with Gasteiger partial charge in [-0.3, -0.25) is 4.79 Å². The largest absolute Gasteiger partial charge is 0.496 e. The number of carbonyl (C=O) groups is 1. The van der Waals surface area contributed by atoms with Crippen LogP contribution in [-0.4, -0.2) is 51.7 Å². The Morgan fingerprint density at radius 2 is 2.23 bits per heavy atom. The van der Waals surface area contributed by atoms with Gasteiger partial charge in [0.1, 0.15) is 5.75 Å². The van der Waals surface area contributed by atoms with E-state index in [1.54, 1.807) is 37.7 Å². The summed E-state index contributed by atoms with van der Waals surface area (Å²) in [6.07, 6.45) is 3.92. The third-order valence-corrected chi connectivity index (χ3v) is 4.49. The van der Waals surface area contributed by atoms with Crippen LogP contribution in [0.25, 0.3) is 5.65 Å². The summed E-state index contributed by atoms with van der Waals surface area (Å²) in [7, 11) is 1.54. The lowest BCUT2D eigenvalue weighted by Gasteiger charge is -2.18. The molecule has 0 radical (unpaired) electrons. The normalized spacial score (nSPS) is 16.8. The predicted molar refractivity (Wildman–Crippen MR) is 94.7 cm³/mol. The minimum Gasteiger partial charge on any atom is -0.496 e. The van der Waals surface area contributed by atoms with Crippen molar-refractivity contribution in [1.82, 2.24) is 24.9 Å². The smallest absolute Gasteiger partial charge is 0.347 e. The van der Waals surface area contributed by atoms with E-state index in [0.29, 0.717) is 35.9 Å². The maximum atomic E-state index is 12.6. The zero-order valence-electron chi connectivity index (χ0n) is 14.2. The van der Waals surface area contributed by atoms with Gasteiger partial charge in [-0.1, -0.05) is 12.1 Å². The number of carbonyl (C=O) groups excluding carboxylic acids is 1. The summed E-state index contributed by atoms with van der Waals surface area (Å²) in [5.74, 6) is 0.999.